The van der Waals surface area contributed by atoms with Crippen LogP contribution >= 0.6 is 0 Å². The minimum Gasteiger partial charge on any atom is -0.350 e. The highest BCUT2D eigenvalue weighted by molar-refractivity contribution is 5.77. The minimum absolute atomic E-state index is 0.149. The maximum Gasteiger partial charge on any atom is 0.261 e. The number of nitrogens with one attached hydrogen (secondary N) is 1. The first-order valence-corrected chi connectivity index (χ1v) is 8.32. The van der Waals surface area contributed by atoms with Crippen LogP contribution in [0.4, 0.5) is 0 Å². The van der Waals surface area contributed by atoms with Crippen LogP contribution in [0.25, 0.3) is 10.9 Å². The van der Waals surface area contributed by atoms with E-state index in [2.05, 4.69) is 16.4 Å². The highest BCUT2D eigenvalue weighted by atomic mass is 16.2. The van der Waals surface area contributed by atoms with Gasteiger partial charge < -0.3 is 5.32 Å². The van der Waals surface area contributed by atoms with Gasteiger partial charge in [-0.2, -0.15) is 5.26 Å². The van der Waals surface area contributed by atoms with E-state index in [0.29, 0.717) is 16.5 Å². The van der Waals surface area contributed by atoms with Gasteiger partial charge >= 0.3 is 0 Å². The van der Waals surface area contributed by atoms with Crippen molar-refractivity contribution in [3.05, 3.63) is 76.3 Å². The number of nitrogens with zero attached hydrogens (tertiary/aromatic N) is 3. The van der Waals surface area contributed by atoms with Crippen molar-refractivity contribution < 1.29 is 4.79 Å². The predicted octanol–water partition coefficient (Wildman–Crippen LogP) is 2.54. The molecule has 1 amide bonds. The van der Waals surface area contributed by atoms with Crippen molar-refractivity contribution >= 4 is 16.8 Å². The van der Waals surface area contributed by atoms with Gasteiger partial charge in [0.15, 0.2) is 0 Å². The Morgan fingerprint density at radius 1 is 1.23 bits per heavy atom. The summed E-state index contributed by atoms with van der Waals surface area (Å²) >= 11 is 0. The summed E-state index contributed by atoms with van der Waals surface area (Å²) in [4.78, 5) is 28.9. The van der Waals surface area contributed by atoms with Crippen molar-refractivity contribution in [2.24, 2.45) is 0 Å². The molecule has 1 aromatic heterocycles. The van der Waals surface area contributed by atoms with E-state index in [1.165, 1.54) is 10.9 Å². The lowest BCUT2D eigenvalue weighted by Crippen LogP contribution is -2.29. The third-order valence-corrected chi connectivity index (χ3v) is 4.23. The molecule has 26 heavy (non-hydrogen) atoms. The topological polar surface area (TPSA) is 87.8 Å². The van der Waals surface area contributed by atoms with Crippen LogP contribution in [0.15, 0.2) is 59.7 Å². The predicted molar refractivity (Wildman–Crippen MR) is 98.3 cm³/mol. The van der Waals surface area contributed by atoms with Gasteiger partial charge in [0.25, 0.3) is 5.56 Å². The van der Waals surface area contributed by atoms with Crippen molar-refractivity contribution in [2.45, 2.75) is 25.9 Å². The number of nitriles is 1. The Balaban J connectivity index is 1.63. The monoisotopic (exact) mass is 346 g/mol. The zero-order valence-corrected chi connectivity index (χ0v) is 14.3. The Kier molecular flexibility index (Phi) is 5.09. The van der Waals surface area contributed by atoms with Crippen molar-refractivity contribution in [3.63, 3.8) is 0 Å². The molecule has 1 atom stereocenters. The number of hydrogen-bond acceptors (Lipinski definition) is 4. The fourth-order valence-corrected chi connectivity index (χ4v) is 2.73. The average Bonchev–Trinajstić information content (AvgIpc) is 2.67. The molecule has 0 spiro atoms. The number of amides is 1. The van der Waals surface area contributed by atoms with Gasteiger partial charge in [-0.05, 0) is 36.8 Å². The number of carbonyl (C=O) groups is 1. The van der Waals surface area contributed by atoms with Crippen LogP contribution < -0.4 is 10.9 Å². The van der Waals surface area contributed by atoms with Crippen LogP contribution in [0.3, 0.4) is 0 Å². The maximum absolute atomic E-state index is 12.4. The van der Waals surface area contributed by atoms with E-state index in [1.807, 2.05) is 25.1 Å². The SMILES string of the molecule is CC(NC(=O)CCn1cnc2ccccc2c1=O)c1ccc(C#N)cc1. The molecule has 0 saturated heterocycles. The van der Waals surface area contributed by atoms with Crippen molar-refractivity contribution in [2.75, 3.05) is 0 Å². The largest absolute Gasteiger partial charge is 0.350 e. The van der Waals surface area contributed by atoms with Gasteiger partial charge in [-0.3, -0.25) is 14.2 Å². The number of fused-ring (bicyclic) bond motifs is 1. The van der Waals surface area contributed by atoms with Crippen LogP contribution in [0, 0.1) is 11.3 Å². The third kappa shape index (κ3) is 3.78. The van der Waals surface area contributed by atoms with Gasteiger partial charge in [0, 0.05) is 13.0 Å². The lowest BCUT2D eigenvalue weighted by Gasteiger charge is -2.15. The van der Waals surface area contributed by atoms with Crippen molar-refractivity contribution in [1.82, 2.24) is 14.9 Å². The van der Waals surface area contributed by atoms with Gasteiger partial charge in [0.2, 0.25) is 5.91 Å². The summed E-state index contributed by atoms with van der Waals surface area (Å²) < 4.78 is 1.45. The summed E-state index contributed by atoms with van der Waals surface area (Å²) in [5, 5.41) is 12.3. The molecule has 0 radical (unpaired) electrons. The highest BCUT2D eigenvalue weighted by Gasteiger charge is 2.11. The third-order valence-electron chi connectivity index (χ3n) is 4.23. The highest BCUT2D eigenvalue weighted by Crippen LogP contribution is 2.13. The molecular formula is C20H18N4O2. The lowest BCUT2D eigenvalue weighted by molar-refractivity contribution is -0.121. The molecule has 2 aromatic carbocycles. The first-order chi connectivity index (χ1) is 12.6. The van der Waals surface area contributed by atoms with E-state index in [-0.39, 0.29) is 30.5 Å². The quantitative estimate of drug-likeness (QED) is 0.769. The Morgan fingerprint density at radius 3 is 2.69 bits per heavy atom. The Labute approximate surface area is 150 Å². The van der Waals surface area contributed by atoms with E-state index in [9.17, 15) is 9.59 Å². The lowest BCUT2D eigenvalue weighted by atomic mass is 10.1. The van der Waals surface area contributed by atoms with E-state index in [0.717, 1.165) is 5.56 Å². The molecule has 0 bridgehead atoms. The zero-order chi connectivity index (χ0) is 18.5. The minimum atomic E-state index is -0.179. The molecule has 1 heterocycles. The Bertz CT molecular complexity index is 1030. The van der Waals surface area contributed by atoms with E-state index in [4.69, 9.17) is 5.26 Å². The molecule has 1 unspecified atom stereocenters. The van der Waals surface area contributed by atoms with Gasteiger partial charge in [0.1, 0.15) is 0 Å². The summed E-state index contributed by atoms with van der Waals surface area (Å²) in [5.41, 5.74) is 1.99. The molecule has 3 rings (SSSR count). The average molecular weight is 346 g/mol. The first kappa shape index (κ1) is 17.4. The normalized spacial score (nSPS) is 11.7. The summed E-state index contributed by atoms with van der Waals surface area (Å²) in [6.07, 6.45) is 1.66. The van der Waals surface area contributed by atoms with Crippen LogP contribution in [0.5, 0.6) is 0 Å². The van der Waals surface area contributed by atoms with Crippen molar-refractivity contribution in [1.29, 1.82) is 5.26 Å². The molecular weight excluding hydrogens is 328 g/mol. The van der Waals surface area contributed by atoms with Crippen LogP contribution in [0.1, 0.15) is 30.5 Å². The maximum atomic E-state index is 12.4. The molecule has 0 aliphatic rings. The molecule has 0 aliphatic heterocycles. The second-order valence-electron chi connectivity index (χ2n) is 6.03. The zero-order valence-electron chi connectivity index (χ0n) is 14.3. The van der Waals surface area contributed by atoms with E-state index >= 15 is 0 Å². The summed E-state index contributed by atoms with van der Waals surface area (Å²) in [6, 6.07) is 16.1. The molecule has 6 heteroatoms. The smallest absolute Gasteiger partial charge is 0.261 e. The standard InChI is InChI=1S/C20H18N4O2/c1-14(16-8-6-15(12-21)7-9-16)23-19(25)10-11-24-13-22-18-5-3-2-4-17(18)20(24)26/h2-9,13-14H,10-11H2,1H3,(H,23,25). The van der Waals surface area contributed by atoms with Crippen LogP contribution in [-0.2, 0) is 11.3 Å². The molecule has 130 valence electrons. The van der Waals surface area contributed by atoms with Gasteiger partial charge in [-0.15, -0.1) is 0 Å². The van der Waals surface area contributed by atoms with Crippen molar-refractivity contribution in [3.8, 4) is 6.07 Å². The number of benzene rings is 2. The van der Waals surface area contributed by atoms with E-state index < -0.39 is 0 Å². The number of aromatic nitrogens is 2. The Hall–Kier alpha value is -3.46. The number of aryl methyl sites for hydroxylation is 1. The summed E-state index contributed by atoms with van der Waals surface area (Å²) in [6.45, 7) is 2.14. The Morgan fingerprint density at radius 2 is 1.96 bits per heavy atom. The van der Waals surface area contributed by atoms with Crippen LogP contribution in [-0.4, -0.2) is 15.5 Å². The molecule has 0 saturated carbocycles. The molecule has 1 N–H and O–H groups in total. The molecule has 3 aromatic rings. The summed E-state index contributed by atoms with van der Waals surface area (Å²) in [7, 11) is 0. The van der Waals surface area contributed by atoms with Crippen LogP contribution in [0.2, 0.25) is 0 Å². The number of hydrogen-bond donors (Lipinski definition) is 1. The number of rotatable bonds is 5. The number of carbonyl (C=O) groups excluding carboxylic acids is 1. The fourth-order valence-electron chi connectivity index (χ4n) is 2.73. The second-order valence-corrected chi connectivity index (χ2v) is 6.03. The fraction of sp³-hybridized carbons (Fsp3) is 0.200. The molecule has 0 fully saturated rings. The molecule has 6 nitrogen and oxygen atoms in total. The summed E-state index contributed by atoms with van der Waals surface area (Å²) in [5.74, 6) is -0.151. The molecule has 0 aliphatic carbocycles. The van der Waals surface area contributed by atoms with E-state index in [1.54, 1.807) is 30.3 Å². The number of para-hydroxylation sites is 1. The van der Waals surface area contributed by atoms with Gasteiger partial charge in [0.05, 0.1) is 34.9 Å². The second kappa shape index (κ2) is 7.62. The first-order valence-electron chi connectivity index (χ1n) is 8.32. The van der Waals surface area contributed by atoms with Gasteiger partial charge in [-0.25, -0.2) is 4.98 Å². The van der Waals surface area contributed by atoms with Gasteiger partial charge in [-0.1, -0.05) is 24.3 Å².